The summed E-state index contributed by atoms with van der Waals surface area (Å²) >= 11 is 0. The molecular formula is C40H24N4O. The topological polar surface area (TPSA) is 48.8 Å². The van der Waals surface area contributed by atoms with Crippen molar-refractivity contribution in [2.75, 3.05) is 0 Å². The van der Waals surface area contributed by atoms with Crippen LogP contribution < -0.4 is 0 Å². The molecular weight excluding hydrogens is 552 g/mol. The summed E-state index contributed by atoms with van der Waals surface area (Å²) in [5, 5.41) is 4.94. The summed E-state index contributed by atoms with van der Waals surface area (Å²) < 4.78 is 46.0. The maximum atomic E-state index is 9.20. The molecule has 6 aromatic carbocycles. The normalized spacial score (nSPS) is 13.2. The van der Waals surface area contributed by atoms with Crippen LogP contribution in [0.5, 0.6) is 0 Å². The molecule has 0 saturated carbocycles. The number of fused-ring (bicyclic) bond motifs is 9. The first kappa shape index (κ1) is 20.7. The molecule has 10 rings (SSSR count). The summed E-state index contributed by atoms with van der Waals surface area (Å²) in [6.45, 7) is 0. The summed E-state index contributed by atoms with van der Waals surface area (Å²) in [5.74, 6) is 0.505. The molecule has 4 aromatic heterocycles. The quantitative estimate of drug-likeness (QED) is 0.209. The largest absolute Gasteiger partial charge is 0.453 e. The molecule has 45 heavy (non-hydrogen) atoms. The van der Waals surface area contributed by atoms with Crippen molar-refractivity contribution in [3.8, 4) is 22.8 Å². The minimum absolute atomic E-state index is 0.115. The molecule has 0 radical (unpaired) electrons. The highest BCUT2D eigenvalue weighted by atomic mass is 16.3. The third-order valence-corrected chi connectivity index (χ3v) is 8.74. The Kier molecular flexibility index (Phi) is 4.20. The van der Waals surface area contributed by atoms with Gasteiger partial charge in [-0.1, -0.05) is 97.0 Å². The fourth-order valence-corrected chi connectivity index (χ4v) is 6.80. The first-order valence-electron chi connectivity index (χ1n) is 16.8. The summed E-state index contributed by atoms with van der Waals surface area (Å²) in [7, 11) is 0. The van der Waals surface area contributed by atoms with Crippen LogP contribution in [0.1, 0.15) is 5.48 Å². The Hall–Kier alpha value is -6.20. The van der Waals surface area contributed by atoms with Crippen molar-refractivity contribution < 1.29 is 9.90 Å². The third kappa shape index (κ3) is 3.43. The van der Waals surface area contributed by atoms with Gasteiger partial charge in [0.05, 0.1) is 39.4 Å². The van der Waals surface area contributed by atoms with Crippen LogP contribution in [0.3, 0.4) is 0 Å². The van der Waals surface area contributed by atoms with Crippen LogP contribution in [0, 0.1) is 0 Å². The summed E-state index contributed by atoms with van der Waals surface area (Å²) in [6, 6.07) is 37.1. The predicted molar refractivity (Wildman–Crippen MR) is 183 cm³/mol. The average Bonchev–Trinajstić information content (AvgIpc) is 3.79. The maximum absolute atomic E-state index is 9.20. The zero-order chi connectivity index (χ0) is 33.0. The third-order valence-electron chi connectivity index (χ3n) is 8.74. The molecule has 4 heterocycles. The van der Waals surface area contributed by atoms with Gasteiger partial charge in [-0.05, 0) is 48.0 Å². The van der Waals surface area contributed by atoms with E-state index in [0.717, 1.165) is 49.0 Å². The Balaban J connectivity index is 1.26. The van der Waals surface area contributed by atoms with Gasteiger partial charge in [-0.15, -0.1) is 0 Å². The highest BCUT2D eigenvalue weighted by Crippen LogP contribution is 2.38. The van der Waals surface area contributed by atoms with E-state index in [1.807, 2.05) is 95.6 Å². The van der Waals surface area contributed by atoms with E-state index in [9.17, 15) is 2.74 Å². The number of hydrogen-bond acceptors (Lipinski definition) is 3. The molecule has 0 unspecified atom stereocenters. The summed E-state index contributed by atoms with van der Waals surface area (Å²) in [4.78, 5) is 9.80. The van der Waals surface area contributed by atoms with Crippen LogP contribution in [-0.4, -0.2) is 19.1 Å². The van der Waals surface area contributed by atoms with Gasteiger partial charge in [-0.25, -0.2) is 9.97 Å². The second-order valence-electron chi connectivity index (χ2n) is 11.2. The Morgan fingerprint density at radius 1 is 0.556 bits per heavy atom. The lowest BCUT2D eigenvalue weighted by Crippen LogP contribution is -2.00. The van der Waals surface area contributed by atoms with Gasteiger partial charge in [0.15, 0.2) is 5.58 Å². The van der Waals surface area contributed by atoms with Gasteiger partial charge < -0.3 is 8.98 Å². The number of benzene rings is 6. The minimum Gasteiger partial charge on any atom is -0.453 e. The zero-order valence-electron chi connectivity index (χ0n) is 27.7. The number of para-hydroxylation sites is 5. The van der Waals surface area contributed by atoms with E-state index < -0.39 is 0 Å². The van der Waals surface area contributed by atoms with E-state index in [1.165, 1.54) is 0 Å². The van der Waals surface area contributed by atoms with E-state index >= 15 is 0 Å². The van der Waals surface area contributed by atoms with Crippen molar-refractivity contribution >= 4 is 65.7 Å². The molecule has 0 spiro atoms. The minimum atomic E-state index is -0.294. The Labute approximate surface area is 262 Å². The van der Waals surface area contributed by atoms with E-state index in [2.05, 4.69) is 28.8 Å². The molecule has 0 atom stereocenters. The molecule has 0 amide bonds. The van der Waals surface area contributed by atoms with E-state index in [-0.39, 0.29) is 24.2 Å². The molecule has 0 fully saturated rings. The average molecular weight is 581 g/mol. The molecule has 210 valence electrons. The van der Waals surface area contributed by atoms with Gasteiger partial charge >= 0.3 is 0 Å². The standard InChI is InChI=1S/C40H24N4O/c1-6-16-32(43-33-17-7-2-12-27(33)28-13-3-8-18-34(28)43)26(11-1)25-21-22-37-31(23-25)39-38(45-37)24-41-40(42-39)44-35-19-9-4-14-29(35)30-15-5-10-20-36(30)44/h1-24H/i1D,6D,11D,16D. The number of hydrogen-bond donors (Lipinski definition) is 0. The second-order valence-corrected chi connectivity index (χ2v) is 11.2. The van der Waals surface area contributed by atoms with Crippen LogP contribution in [0.15, 0.2) is 150 Å². The highest BCUT2D eigenvalue weighted by Gasteiger charge is 2.19. The van der Waals surface area contributed by atoms with Gasteiger partial charge in [0, 0.05) is 32.5 Å². The molecule has 5 heteroatoms. The SMILES string of the molecule is [2H]c1c([2H])c([2H])c(-n2c3ccccc3c3ccccc32)c(-c2ccc3oc4cnc(-n5c6ccccc6c6ccccc65)nc4c3c2)c1[2H]. The molecule has 0 aliphatic heterocycles. The predicted octanol–water partition coefficient (Wildman–Crippen LogP) is 10.2. The first-order valence-corrected chi connectivity index (χ1v) is 14.8. The highest BCUT2D eigenvalue weighted by molar-refractivity contribution is 6.11. The van der Waals surface area contributed by atoms with Crippen LogP contribution in [0.25, 0.3) is 88.4 Å². The summed E-state index contributed by atoms with van der Waals surface area (Å²) in [6.07, 6.45) is 1.69. The molecule has 10 aromatic rings. The number of aromatic nitrogens is 4. The van der Waals surface area contributed by atoms with Crippen LogP contribution in [0.4, 0.5) is 0 Å². The summed E-state index contributed by atoms with van der Waals surface area (Å²) in [5.41, 5.74) is 6.84. The van der Waals surface area contributed by atoms with Gasteiger partial charge in [0.2, 0.25) is 5.95 Å². The van der Waals surface area contributed by atoms with Gasteiger partial charge in [-0.2, -0.15) is 0 Å². The zero-order valence-corrected chi connectivity index (χ0v) is 23.7. The molecule has 0 bridgehead atoms. The van der Waals surface area contributed by atoms with Crippen molar-refractivity contribution in [2.24, 2.45) is 0 Å². The Morgan fingerprint density at radius 3 is 1.73 bits per heavy atom. The lowest BCUT2D eigenvalue weighted by molar-refractivity contribution is 0.665. The van der Waals surface area contributed by atoms with E-state index in [0.29, 0.717) is 39.4 Å². The number of rotatable bonds is 3. The van der Waals surface area contributed by atoms with Crippen LogP contribution in [-0.2, 0) is 0 Å². The smallest absolute Gasteiger partial charge is 0.235 e. The fraction of sp³-hybridized carbons (Fsp3) is 0. The van der Waals surface area contributed by atoms with Crippen molar-refractivity contribution in [2.45, 2.75) is 0 Å². The molecule has 0 N–H and O–H groups in total. The van der Waals surface area contributed by atoms with Crippen molar-refractivity contribution in [3.63, 3.8) is 0 Å². The van der Waals surface area contributed by atoms with Crippen LogP contribution in [0.2, 0.25) is 0 Å². The van der Waals surface area contributed by atoms with Gasteiger partial charge in [-0.3, -0.25) is 4.57 Å². The van der Waals surface area contributed by atoms with E-state index in [1.54, 1.807) is 6.20 Å². The first-order chi connectivity index (χ1) is 24.0. The lowest BCUT2D eigenvalue weighted by atomic mass is 10.0. The van der Waals surface area contributed by atoms with Crippen molar-refractivity contribution in [1.29, 1.82) is 0 Å². The van der Waals surface area contributed by atoms with E-state index in [4.69, 9.17) is 17.1 Å². The Morgan fingerprint density at radius 2 is 1.11 bits per heavy atom. The molecule has 5 nitrogen and oxygen atoms in total. The lowest BCUT2D eigenvalue weighted by Gasteiger charge is -2.14. The van der Waals surface area contributed by atoms with Crippen LogP contribution >= 0.6 is 0 Å². The van der Waals surface area contributed by atoms with Gasteiger partial charge in [0.1, 0.15) is 11.1 Å². The molecule has 0 saturated heterocycles. The molecule has 0 aliphatic rings. The van der Waals surface area contributed by atoms with Crippen molar-refractivity contribution in [1.82, 2.24) is 19.1 Å². The number of furan rings is 1. The fourth-order valence-electron chi connectivity index (χ4n) is 6.80. The molecule has 0 aliphatic carbocycles. The maximum Gasteiger partial charge on any atom is 0.235 e. The second kappa shape index (κ2) is 9.15. The Bertz CT molecular complexity index is 2900. The monoisotopic (exact) mass is 580 g/mol. The van der Waals surface area contributed by atoms with Gasteiger partial charge in [0.25, 0.3) is 0 Å². The number of nitrogens with zero attached hydrogens (tertiary/aromatic N) is 4. The van der Waals surface area contributed by atoms with Crippen molar-refractivity contribution in [3.05, 3.63) is 146 Å².